The summed E-state index contributed by atoms with van der Waals surface area (Å²) < 4.78 is 13.4. The Balaban J connectivity index is 1.38. The number of halogens is 1. The Morgan fingerprint density at radius 2 is 1.86 bits per heavy atom. The molecule has 2 saturated heterocycles. The second kappa shape index (κ2) is 8.00. The molecule has 1 atom stereocenters. The van der Waals surface area contributed by atoms with Crippen molar-refractivity contribution in [2.75, 3.05) is 25.0 Å². The van der Waals surface area contributed by atoms with E-state index in [0.717, 1.165) is 36.9 Å². The number of benzene rings is 2. The van der Waals surface area contributed by atoms with Gasteiger partial charge in [-0.1, -0.05) is 24.3 Å². The number of amides is 3. The van der Waals surface area contributed by atoms with Crippen LogP contribution in [0.25, 0.3) is 11.1 Å². The van der Waals surface area contributed by atoms with E-state index in [1.54, 1.807) is 11.0 Å². The summed E-state index contributed by atoms with van der Waals surface area (Å²) in [4.78, 5) is 28.4. The molecule has 2 aliphatic rings. The number of hydrogen-bond acceptors (Lipinski definition) is 2. The molecule has 2 aromatic carbocycles. The van der Waals surface area contributed by atoms with E-state index in [1.807, 2.05) is 35.2 Å². The summed E-state index contributed by atoms with van der Waals surface area (Å²) in [7, 11) is 0. The molecule has 0 aliphatic carbocycles. The molecule has 0 aromatic heterocycles. The van der Waals surface area contributed by atoms with Crippen LogP contribution in [0.1, 0.15) is 25.7 Å². The molecule has 0 saturated carbocycles. The molecular weight excluding hydrogens is 357 g/mol. The molecule has 0 unspecified atom stereocenters. The molecule has 28 heavy (non-hydrogen) atoms. The predicted octanol–water partition coefficient (Wildman–Crippen LogP) is 4.11. The minimum absolute atomic E-state index is 0.129. The highest BCUT2D eigenvalue weighted by Gasteiger charge is 2.32. The maximum atomic E-state index is 13.4. The number of likely N-dealkylation sites (tertiary alicyclic amines) is 2. The van der Waals surface area contributed by atoms with Crippen molar-refractivity contribution in [2.24, 2.45) is 0 Å². The lowest BCUT2D eigenvalue weighted by Crippen LogP contribution is -2.51. The maximum absolute atomic E-state index is 13.4. The average molecular weight is 381 g/mol. The van der Waals surface area contributed by atoms with Crippen LogP contribution in [0.4, 0.5) is 14.9 Å². The zero-order valence-corrected chi connectivity index (χ0v) is 15.7. The van der Waals surface area contributed by atoms with Crippen molar-refractivity contribution in [2.45, 2.75) is 31.7 Å². The Morgan fingerprint density at radius 3 is 2.57 bits per heavy atom. The third-order valence-electron chi connectivity index (χ3n) is 5.53. The average Bonchev–Trinajstić information content (AvgIpc) is 3.14. The topological polar surface area (TPSA) is 52.7 Å². The minimum Gasteiger partial charge on any atom is -0.338 e. The summed E-state index contributed by atoms with van der Waals surface area (Å²) in [6.07, 6.45) is 3.40. The minimum atomic E-state index is -0.272. The van der Waals surface area contributed by atoms with E-state index in [1.165, 1.54) is 12.1 Å². The van der Waals surface area contributed by atoms with Crippen LogP contribution in [0.5, 0.6) is 0 Å². The number of carbonyl (C=O) groups is 2. The predicted molar refractivity (Wildman–Crippen MR) is 106 cm³/mol. The Bertz CT molecular complexity index is 868. The number of hydrogen-bond donors (Lipinski definition) is 1. The van der Waals surface area contributed by atoms with Crippen LogP contribution in [0.15, 0.2) is 48.5 Å². The lowest BCUT2D eigenvalue weighted by atomic mass is 10.0. The van der Waals surface area contributed by atoms with Crippen LogP contribution in [0, 0.1) is 5.82 Å². The van der Waals surface area contributed by atoms with Gasteiger partial charge in [0.1, 0.15) is 5.82 Å². The number of anilines is 1. The molecule has 6 heteroatoms. The largest absolute Gasteiger partial charge is 0.338 e. The number of piperidine rings is 1. The summed E-state index contributed by atoms with van der Waals surface area (Å²) >= 11 is 0. The molecule has 0 bridgehead atoms. The SMILES string of the molecule is O=C(Nc1ccc(-c2cccc(F)c2)cc1)N1CCC[C@@H](N2CCCC2=O)C1. The molecule has 3 amide bonds. The van der Waals surface area contributed by atoms with E-state index in [2.05, 4.69) is 5.32 Å². The fourth-order valence-electron chi connectivity index (χ4n) is 4.07. The van der Waals surface area contributed by atoms with Gasteiger partial charge in [-0.05, 0) is 54.7 Å². The lowest BCUT2D eigenvalue weighted by Gasteiger charge is -2.37. The fourth-order valence-corrected chi connectivity index (χ4v) is 4.07. The van der Waals surface area contributed by atoms with Crippen LogP contribution in [-0.2, 0) is 4.79 Å². The molecular formula is C22H24FN3O2. The molecule has 4 rings (SSSR count). The molecule has 5 nitrogen and oxygen atoms in total. The molecule has 146 valence electrons. The van der Waals surface area contributed by atoms with Gasteiger partial charge in [0.2, 0.25) is 5.91 Å². The first kappa shape index (κ1) is 18.5. The normalized spacial score (nSPS) is 19.8. The Labute approximate surface area is 164 Å². The summed E-state index contributed by atoms with van der Waals surface area (Å²) in [5, 5.41) is 2.93. The van der Waals surface area contributed by atoms with Gasteiger partial charge in [-0.2, -0.15) is 0 Å². The van der Waals surface area contributed by atoms with Gasteiger partial charge < -0.3 is 15.1 Å². The van der Waals surface area contributed by atoms with Crippen LogP contribution in [0.2, 0.25) is 0 Å². The summed E-state index contributed by atoms with van der Waals surface area (Å²) in [5.74, 6) is -0.0637. The number of urea groups is 1. The highest BCUT2D eigenvalue weighted by molar-refractivity contribution is 5.90. The molecule has 0 radical (unpaired) electrons. The number of rotatable bonds is 3. The number of carbonyl (C=O) groups excluding carboxylic acids is 2. The first-order valence-corrected chi connectivity index (χ1v) is 9.81. The van der Waals surface area contributed by atoms with Crippen molar-refractivity contribution in [1.29, 1.82) is 0 Å². The molecule has 1 N–H and O–H groups in total. The van der Waals surface area contributed by atoms with Gasteiger partial charge >= 0.3 is 6.03 Å². The standard InChI is InChI=1S/C22H24FN3O2/c23-18-5-1-4-17(14-18)16-8-10-19(11-9-16)24-22(28)25-12-2-6-20(15-25)26-13-3-7-21(26)27/h1,4-5,8-11,14,20H,2-3,6-7,12-13,15H2,(H,24,28)/t20-/m1/s1. The second-order valence-electron chi connectivity index (χ2n) is 7.45. The zero-order valence-electron chi connectivity index (χ0n) is 15.7. The number of nitrogens with zero attached hydrogens (tertiary/aromatic N) is 2. The van der Waals surface area contributed by atoms with Crippen LogP contribution < -0.4 is 5.32 Å². The van der Waals surface area contributed by atoms with Crippen molar-refractivity contribution in [1.82, 2.24) is 9.80 Å². The second-order valence-corrected chi connectivity index (χ2v) is 7.45. The van der Waals surface area contributed by atoms with Crippen LogP contribution >= 0.6 is 0 Å². The first-order chi connectivity index (χ1) is 13.6. The highest BCUT2D eigenvalue weighted by atomic mass is 19.1. The van der Waals surface area contributed by atoms with E-state index >= 15 is 0 Å². The van der Waals surface area contributed by atoms with E-state index < -0.39 is 0 Å². The smallest absolute Gasteiger partial charge is 0.321 e. The van der Waals surface area contributed by atoms with Gasteiger partial charge in [0.15, 0.2) is 0 Å². The first-order valence-electron chi connectivity index (χ1n) is 9.81. The van der Waals surface area contributed by atoms with Gasteiger partial charge in [-0.25, -0.2) is 9.18 Å². The van der Waals surface area contributed by atoms with Gasteiger partial charge in [0.05, 0.1) is 0 Å². The number of nitrogens with one attached hydrogen (secondary N) is 1. The third kappa shape index (κ3) is 4.01. The van der Waals surface area contributed by atoms with Crippen molar-refractivity contribution in [3.63, 3.8) is 0 Å². The molecule has 2 aliphatic heterocycles. The Morgan fingerprint density at radius 1 is 1.04 bits per heavy atom. The Hall–Kier alpha value is -2.89. The van der Waals surface area contributed by atoms with Crippen molar-refractivity contribution in [3.8, 4) is 11.1 Å². The van der Waals surface area contributed by atoms with Crippen LogP contribution in [-0.4, -0.2) is 47.4 Å². The van der Waals surface area contributed by atoms with Crippen LogP contribution in [0.3, 0.4) is 0 Å². The van der Waals surface area contributed by atoms with E-state index in [9.17, 15) is 14.0 Å². The van der Waals surface area contributed by atoms with E-state index in [-0.39, 0.29) is 23.8 Å². The lowest BCUT2D eigenvalue weighted by molar-refractivity contribution is -0.130. The molecule has 2 heterocycles. The quantitative estimate of drug-likeness (QED) is 0.870. The summed E-state index contributed by atoms with van der Waals surface area (Å²) in [6.45, 7) is 2.09. The fraction of sp³-hybridized carbons (Fsp3) is 0.364. The van der Waals surface area contributed by atoms with Gasteiger partial charge in [0.25, 0.3) is 0 Å². The Kier molecular flexibility index (Phi) is 5.28. The van der Waals surface area contributed by atoms with E-state index in [4.69, 9.17) is 0 Å². The van der Waals surface area contributed by atoms with Crippen molar-refractivity contribution in [3.05, 3.63) is 54.3 Å². The monoisotopic (exact) mass is 381 g/mol. The van der Waals surface area contributed by atoms with E-state index in [0.29, 0.717) is 25.2 Å². The van der Waals surface area contributed by atoms with Gasteiger partial charge in [-0.15, -0.1) is 0 Å². The molecule has 2 fully saturated rings. The maximum Gasteiger partial charge on any atom is 0.321 e. The van der Waals surface area contributed by atoms with Gasteiger partial charge in [0, 0.05) is 37.8 Å². The summed E-state index contributed by atoms with van der Waals surface area (Å²) in [5.41, 5.74) is 2.39. The van der Waals surface area contributed by atoms with Crippen molar-refractivity contribution >= 4 is 17.6 Å². The summed E-state index contributed by atoms with van der Waals surface area (Å²) in [6, 6.07) is 13.8. The van der Waals surface area contributed by atoms with Crippen molar-refractivity contribution < 1.29 is 14.0 Å². The zero-order chi connectivity index (χ0) is 19.5. The molecule has 0 spiro atoms. The molecule has 2 aromatic rings. The highest BCUT2D eigenvalue weighted by Crippen LogP contribution is 2.24. The third-order valence-corrected chi connectivity index (χ3v) is 5.53. The van der Waals surface area contributed by atoms with Gasteiger partial charge in [-0.3, -0.25) is 4.79 Å².